The fourth-order valence-electron chi connectivity index (χ4n) is 1.59. The van der Waals surface area contributed by atoms with Gasteiger partial charge in [-0.2, -0.15) is 11.8 Å². The van der Waals surface area contributed by atoms with Crippen LogP contribution in [-0.4, -0.2) is 31.0 Å². The molecule has 1 heterocycles. The fourth-order valence-corrected chi connectivity index (χ4v) is 3.67. The Morgan fingerprint density at radius 2 is 2.22 bits per heavy atom. The van der Waals surface area contributed by atoms with Crippen molar-refractivity contribution in [3.05, 3.63) is 15.6 Å². The molecule has 0 spiro atoms. The van der Waals surface area contributed by atoms with Crippen molar-refractivity contribution < 1.29 is 4.74 Å². The van der Waals surface area contributed by atoms with Gasteiger partial charge in [0.25, 0.3) is 0 Å². The summed E-state index contributed by atoms with van der Waals surface area (Å²) in [6.07, 6.45) is 2.26. The predicted molar refractivity (Wildman–Crippen MR) is 81.5 cm³/mol. The average Bonchev–Trinajstić information content (AvgIpc) is 2.77. The molecule has 0 fully saturated rings. The maximum atomic E-state index is 5.03. The Hall–Kier alpha value is -0.100. The Kier molecular flexibility index (Phi) is 8.67. The Labute approximate surface area is 119 Å². The molecule has 1 aromatic rings. The highest BCUT2D eigenvalue weighted by Gasteiger charge is 2.09. The van der Waals surface area contributed by atoms with E-state index in [1.54, 1.807) is 7.11 Å². The minimum Gasteiger partial charge on any atom is -0.383 e. The number of thioether (sulfide) groups is 1. The average molecular weight is 288 g/mol. The molecular formula is C13H24N2OS2. The molecule has 104 valence electrons. The zero-order valence-electron chi connectivity index (χ0n) is 11.6. The number of methoxy groups -OCH3 is 1. The van der Waals surface area contributed by atoms with Crippen molar-refractivity contribution in [2.75, 3.05) is 26.0 Å². The number of thiazole rings is 1. The number of aryl methyl sites for hydroxylation is 1. The van der Waals surface area contributed by atoms with Gasteiger partial charge in [-0.1, -0.05) is 13.8 Å². The third-order valence-electron chi connectivity index (χ3n) is 2.50. The van der Waals surface area contributed by atoms with E-state index < -0.39 is 0 Å². The van der Waals surface area contributed by atoms with E-state index in [4.69, 9.17) is 9.72 Å². The summed E-state index contributed by atoms with van der Waals surface area (Å²) in [7, 11) is 1.73. The van der Waals surface area contributed by atoms with Gasteiger partial charge in [-0.05, 0) is 18.6 Å². The number of hydrogen-bond acceptors (Lipinski definition) is 5. The molecule has 0 atom stereocenters. The van der Waals surface area contributed by atoms with Gasteiger partial charge in [0, 0.05) is 30.8 Å². The van der Waals surface area contributed by atoms with Crippen LogP contribution in [0.5, 0.6) is 0 Å². The lowest BCUT2D eigenvalue weighted by molar-refractivity contribution is 0.199. The molecule has 0 aromatic carbocycles. The predicted octanol–water partition coefficient (Wildman–Crippen LogP) is 3.08. The van der Waals surface area contributed by atoms with Gasteiger partial charge in [0.2, 0.25) is 0 Å². The largest absolute Gasteiger partial charge is 0.383 e. The van der Waals surface area contributed by atoms with Crippen LogP contribution in [0.3, 0.4) is 0 Å². The van der Waals surface area contributed by atoms with Crippen molar-refractivity contribution >= 4 is 23.1 Å². The number of ether oxygens (including phenoxy) is 1. The van der Waals surface area contributed by atoms with Crippen molar-refractivity contribution in [3.63, 3.8) is 0 Å². The standard InChI is InChI=1S/C13H24N2OS2/c1-4-8-17-10-13-15-11(5-2)12(18-13)9-14-6-7-16-3/h14H,4-10H2,1-3H3. The highest BCUT2D eigenvalue weighted by molar-refractivity contribution is 7.98. The number of nitrogens with zero attached hydrogens (tertiary/aromatic N) is 1. The van der Waals surface area contributed by atoms with Crippen molar-refractivity contribution in [3.8, 4) is 0 Å². The van der Waals surface area contributed by atoms with Crippen LogP contribution in [0, 0.1) is 0 Å². The normalized spacial score (nSPS) is 11.1. The van der Waals surface area contributed by atoms with Crippen molar-refractivity contribution in [2.45, 2.75) is 39.0 Å². The lowest BCUT2D eigenvalue weighted by Crippen LogP contribution is -2.18. The summed E-state index contributed by atoms with van der Waals surface area (Å²) in [5, 5.41) is 4.67. The van der Waals surface area contributed by atoms with Crippen LogP contribution in [-0.2, 0) is 23.5 Å². The lowest BCUT2D eigenvalue weighted by atomic mass is 10.3. The summed E-state index contributed by atoms with van der Waals surface area (Å²) < 4.78 is 5.03. The van der Waals surface area contributed by atoms with Crippen molar-refractivity contribution in [1.29, 1.82) is 0 Å². The molecule has 1 N–H and O–H groups in total. The molecule has 1 aromatic heterocycles. The lowest BCUT2D eigenvalue weighted by Gasteiger charge is -2.02. The summed E-state index contributed by atoms with van der Waals surface area (Å²) >= 11 is 3.84. The van der Waals surface area contributed by atoms with Gasteiger partial charge in [0.05, 0.1) is 12.3 Å². The van der Waals surface area contributed by atoms with Crippen LogP contribution in [0.15, 0.2) is 0 Å². The second-order valence-electron chi connectivity index (χ2n) is 4.05. The second-order valence-corrected chi connectivity index (χ2v) is 6.33. The van der Waals surface area contributed by atoms with E-state index in [1.807, 2.05) is 23.1 Å². The van der Waals surface area contributed by atoms with Gasteiger partial charge >= 0.3 is 0 Å². The maximum absolute atomic E-state index is 5.03. The molecule has 0 saturated carbocycles. The molecule has 0 unspecified atom stereocenters. The SMILES string of the molecule is CCCSCc1nc(CC)c(CNCCOC)s1. The third kappa shape index (κ3) is 5.69. The quantitative estimate of drug-likeness (QED) is 0.671. The molecule has 0 amide bonds. The van der Waals surface area contributed by atoms with E-state index in [0.717, 1.165) is 31.9 Å². The molecule has 0 aliphatic carbocycles. The van der Waals surface area contributed by atoms with Gasteiger partial charge < -0.3 is 10.1 Å². The molecule has 0 aliphatic heterocycles. The van der Waals surface area contributed by atoms with Crippen LogP contribution in [0.4, 0.5) is 0 Å². The molecule has 1 rings (SSSR count). The van der Waals surface area contributed by atoms with E-state index in [9.17, 15) is 0 Å². The van der Waals surface area contributed by atoms with E-state index in [0.29, 0.717) is 0 Å². The van der Waals surface area contributed by atoms with Crippen LogP contribution in [0.25, 0.3) is 0 Å². The van der Waals surface area contributed by atoms with Crippen LogP contribution in [0.1, 0.15) is 35.8 Å². The smallest absolute Gasteiger partial charge is 0.103 e. The number of rotatable bonds is 10. The van der Waals surface area contributed by atoms with Gasteiger partial charge in [-0.15, -0.1) is 11.3 Å². The topological polar surface area (TPSA) is 34.2 Å². The number of aromatic nitrogens is 1. The first-order chi connectivity index (χ1) is 8.81. The Balaban J connectivity index is 2.44. The molecule has 0 saturated heterocycles. The van der Waals surface area contributed by atoms with Crippen LogP contribution >= 0.6 is 23.1 Å². The van der Waals surface area contributed by atoms with Gasteiger partial charge in [0.1, 0.15) is 5.01 Å². The number of hydrogen-bond donors (Lipinski definition) is 1. The molecule has 0 aliphatic rings. The Morgan fingerprint density at radius 3 is 2.89 bits per heavy atom. The maximum Gasteiger partial charge on any atom is 0.103 e. The van der Waals surface area contributed by atoms with E-state index in [1.165, 1.54) is 27.8 Å². The summed E-state index contributed by atoms with van der Waals surface area (Å²) in [5.41, 5.74) is 1.26. The van der Waals surface area contributed by atoms with E-state index >= 15 is 0 Å². The third-order valence-corrected chi connectivity index (χ3v) is 4.95. The van der Waals surface area contributed by atoms with Gasteiger partial charge in [-0.25, -0.2) is 4.98 Å². The summed E-state index contributed by atoms with van der Waals surface area (Å²) in [6.45, 7) is 6.98. The fraction of sp³-hybridized carbons (Fsp3) is 0.769. The van der Waals surface area contributed by atoms with E-state index in [2.05, 4.69) is 19.2 Å². The van der Waals surface area contributed by atoms with Crippen molar-refractivity contribution in [2.24, 2.45) is 0 Å². The zero-order chi connectivity index (χ0) is 13.2. The second kappa shape index (κ2) is 9.78. The minimum absolute atomic E-state index is 0.763. The van der Waals surface area contributed by atoms with Crippen LogP contribution in [0.2, 0.25) is 0 Å². The monoisotopic (exact) mass is 288 g/mol. The van der Waals surface area contributed by atoms with Gasteiger partial charge in [0.15, 0.2) is 0 Å². The zero-order valence-corrected chi connectivity index (χ0v) is 13.3. The molecule has 18 heavy (non-hydrogen) atoms. The Bertz CT molecular complexity index is 329. The molecule has 5 heteroatoms. The Morgan fingerprint density at radius 1 is 1.39 bits per heavy atom. The first-order valence-electron chi connectivity index (χ1n) is 6.56. The first-order valence-corrected chi connectivity index (χ1v) is 8.53. The molecular weight excluding hydrogens is 264 g/mol. The first kappa shape index (κ1) is 16.0. The van der Waals surface area contributed by atoms with Gasteiger partial charge in [-0.3, -0.25) is 0 Å². The molecule has 0 bridgehead atoms. The highest BCUT2D eigenvalue weighted by atomic mass is 32.2. The summed E-state index contributed by atoms with van der Waals surface area (Å²) in [4.78, 5) is 6.12. The summed E-state index contributed by atoms with van der Waals surface area (Å²) in [6, 6.07) is 0. The van der Waals surface area contributed by atoms with Crippen molar-refractivity contribution in [1.82, 2.24) is 10.3 Å². The highest BCUT2D eigenvalue weighted by Crippen LogP contribution is 2.23. The summed E-state index contributed by atoms with van der Waals surface area (Å²) in [5.74, 6) is 2.28. The van der Waals surface area contributed by atoms with Crippen LogP contribution < -0.4 is 5.32 Å². The molecule has 0 radical (unpaired) electrons. The minimum atomic E-state index is 0.763. The number of nitrogens with one attached hydrogen (secondary N) is 1. The van der Waals surface area contributed by atoms with E-state index in [-0.39, 0.29) is 0 Å². The molecule has 3 nitrogen and oxygen atoms in total.